The Kier molecular flexibility index (Phi) is 6.10. The van der Waals surface area contributed by atoms with Crippen molar-refractivity contribution in [3.8, 4) is 22.5 Å². The van der Waals surface area contributed by atoms with Crippen molar-refractivity contribution in [1.82, 2.24) is 5.32 Å². The first-order valence-corrected chi connectivity index (χ1v) is 10.3. The summed E-state index contributed by atoms with van der Waals surface area (Å²) in [6.45, 7) is 0.778. The molecular formula is C25H23N3O5. The fourth-order valence-electron chi connectivity index (χ4n) is 3.83. The van der Waals surface area contributed by atoms with Crippen molar-refractivity contribution < 1.29 is 23.8 Å². The molecule has 0 unspecified atom stereocenters. The van der Waals surface area contributed by atoms with E-state index in [0.717, 1.165) is 0 Å². The van der Waals surface area contributed by atoms with Crippen LogP contribution in [0.25, 0.3) is 33.4 Å². The van der Waals surface area contributed by atoms with Gasteiger partial charge in [-0.15, -0.1) is 0 Å². The van der Waals surface area contributed by atoms with Gasteiger partial charge in [-0.25, -0.2) is 4.79 Å². The minimum Gasteiger partial charge on any atom is -0.478 e. The number of carboxylic acid groups (broad SMARTS) is 1. The summed E-state index contributed by atoms with van der Waals surface area (Å²) in [5, 5.41) is 21.6. The number of nitrogens with two attached hydrogens (primary N) is 1. The number of hydrogen-bond acceptors (Lipinski definition) is 6. The highest BCUT2D eigenvalue weighted by molar-refractivity contribution is 6.08. The number of ether oxygens (including phenoxy) is 1. The molecule has 0 saturated heterocycles. The Morgan fingerprint density at radius 1 is 1.09 bits per heavy atom. The number of carbonyl (C=O) groups excluding carboxylic acids is 1. The van der Waals surface area contributed by atoms with Crippen LogP contribution in [-0.2, 0) is 16.0 Å². The van der Waals surface area contributed by atoms with Gasteiger partial charge in [0.1, 0.15) is 11.3 Å². The summed E-state index contributed by atoms with van der Waals surface area (Å²) < 4.78 is 10.9. The van der Waals surface area contributed by atoms with E-state index in [0.29, 0.717) is 57.8 Å². The van der Waals surface area contributed by atoms with E-state index in [-0.39, 0.29) is 23.2 Å². The van der Waals surface area contributed by atoms with Gasteiger partial charge in [-0.3, -0.25) is 4.79 Å². The fraction of sp³-hybridized carbons (Fsp3) is 0.160. The Bertz CT molecular complexity index is 1390. The number of carbonyl (C=O) groups is 2. The van der Waals surface area contributed by atoms with Gasteiger partial charge in [-0.1, -0.05) is 12.1 Å². The molecule has 4 rings (SSSR count). The molecule has 1 heterocycles. The molecule has 168 valence electrons. The minimum atomic E-state index is -1.11. The summed E-state index contributed by atoms with van der Waals surface area (Å²) in [5.41, 5.74) is 9.41. The molecule has 8 heteroatoms. The summed E-state index contributed by atoms with van der Waals surface area (Å²) in [4.78, 5) is 24.4. The van der Waals surface area contributed by atoms with E-state index in [2.05, 4.69) is 5.32 Å². The Morgan fingerprint density at radius 3 is 2.64 bits per heavy atom. The lowest BCUT2D eigenvalue weighted by molar-refractivity contribution is -0.120. The molecular weight excluding hydrogens is 422 g/mol. The number of nitrogen functional groups attached to an aromatic ring is 1. The largest absolute Gasteiger partial charge is 0.478 e. The second-order valence-electron chi connectivity index (χ2n) is 7.65. The molecule has 0 fully saturated rings. The van der Waals surface area contributed by atoms with Crippen molar-refractivity contribution in [2.24, 2.45) is 0 Å². The number of benzene rings is 3. The number of fused-ring (bicyclic) bond motifs is 2. The first-order valence-electron chi connectivity index (χ1n) is 10.3. The minimum absolute atomic E-state index is 0.0502. The molecule has 2 aliphatic rings. The van der Waals surface area contributed by atoms with E-state index in [9.17, 15) is 14.7 Å². The lowest BCUT2D eigenvalue weighted by atomic mass is 9.89. The smallest absolute Gasteiger partial charge is 0.336 e. The first kappa shape index (κ1) is 22.0. The predicted molar refractivity (Wildman–Crippen MR) is 124 cm³/mol. The quantitative estimate of drug-likeness (QED) is 0.196. The topological polar surface area (TPSA) is 139 Å². The van der Waals surface area contributed by atoms with E-state index in [4.69, 9.17) is 20.3 Å². The zero-order valence-electron chi connectivity index (χ0n) is 18.0. The van der Waals surface area contributed by atoms with Gasteiger partial charge in [0.2, 0.25) is 5.91 Å². The molecule has 0 atom stereocenters. The number of amides is 1. The zero-order valence-corrected chi connectivity index (χ0v) is 18.0. The third-order valence-electron chi connectivity index (χ3n) is 5.32. The third kappa shape index (κ3) is 4.56. The van der Waals surface area contributed by atoms with Crippen LogP contribution in [0.5, 0.6) is 0 Å². The average Bonchev–Trinajstić information content (AvgIpc) is 2.77. The maximum atomic E-state index is 12.2. The molecule has 0 aromatic heterocycles. The van der Waals surface area contributed by atoms with Gasteiger partial charge in [0.25, 0.3) is 0 Å². The van der Waals surface area contributed by atoms with Crippen LogP contribution in [0.15, 0.2) is 59.0 Å². The van der Waals surface area contributed by atoms with Gasteiger partial charge in [-0.05, 0) is 41.5 Å². The predicted octanol–water partition coefficient (Wildman–Crippen LogP) is 3.27. The van der Waals surface area contributed by atoms with Crippen molar-refractivity contribution in [3.05, 3.63) is 71.1 Å². The number of anilines is 1. The summed E-state index contributed by atoms with van der Waals surface area (Å²) in [5.74, 6) is -0.876. The van der Waals surface area contributed by atoms with Crippen LogP contribution in [0.1, 0.15) is 15.9 Å². The van der Waals surface area contributed by atoms with Gasteiger partial charge in [0, 0.05) is 48.0 Å². The van der Waals surface area contributed by atoms with Crippen LogP contribution in [0.3, 0.4) is 0 Å². The van der Waals surface area contributed by atoms with E-state index >= 15 is 0 Å². The van der Waals surface area contributed by atoms with Crippen LogP contribution in [0.4, 0.5) is 5.69 Å². The summed E-state index contributed by atoms with van der Waals surface area (Å²) in [6, 6.07) is 15.1. The Morgan fingerprint density at radius 2 is 1.88 bits per heavy atom. The standard InChI is InChI=1S/C25H23N3O5/c1-32-9-8-28-23(29)11-14-2-5-17(20(10-14)25(30)31)24-18-6-3-15(26)12-21(18)33-22-13-16(27)4-7-19(22)24/h2-7,10,12-13,26H,8-9,11,27H2,1H3,(H,28,29)(H,30,31). The summed E-state index contributed by atoms with van der Waals surface area (Å²) in [6.07, 6.45) is 0.0502. The first-order chi connectivity index (χ1) is 15.9. The fourth-order valence-corrected chi connectivity index (χ4v) is 3.83. The SMILES string of the molecule is COCCNC(=O)Cc1ccc(-c2c3ccc(=N)cc-3oc3cc(N)ccc23)c(C(=O)O)c1. The molecule has 2 aromatic carbocycles. The van der Waals surface area contributed by atoms with Crippen molar-refractivity contribution in [2.45, 2.75) is 6.42 Å². The van der Waals surface area contributed by atoms with Gasteiger partial charge >= 0.3 is 5.97 Å². The molecule has 1 aliphatic heterocycles. The number of methoxy groups -OCH3 is 1. The summed E-state index contributed by atoms with van der Waals surface area (Å²) >= 11 is 0. The lowest BCUT2D eigenvalue weighted by Gasteiger charge is -2.17. The second-order valence-corrected chi connectivity index (χ2v) is 7.65. The number of aromatic carboxylic acids is 1. The second kappa shape index (κ2) is 9.13. The Hall–Kier alpha value is -4.17. The number of nitrogens with one attached hydrogen (secondary N) is 2. The van der Waals surface area contributed by atoms with E-state index in [1.165, 1.54) is 6.07 Å². The lowest BCUT2D eigenvalue weighted by Crippen LogP contribution is -2.28. The average molecular weight is 445 g/mol. The maximum Gasteiger partial charge on any atom is 0.336 e. The van der Waals surface area contributed by atoms with E-state index in [1.54, 1.807) is 55.6 Å². The normalized spacial score (nSPS) is 11.1. The van der Waals surface area contributed by atoms with Crippen LogP contribution < -0.4 is 16.4 Å². The van der Waals surface area contributed by atoms with Crippen LogP contribution in [-0.4, -0.2) is 37.2 Å². The van der Waals surface area contributed by atoms with Crippen LogP contribution in [0.2, 0.25) is 0 Å². The highest BCUT2D eigenvalue weighted by Gasteiger charge is 2.22. The van der Waals surface area contributed by atoms with Gasteiger partial charge < -0.3 is 30.7 Å². The molecule has 1 aliphatic carbocycles. The van der Waals surface area contributed by atoms with E-state index < -0.39 is 5.97 Å². The maximum absolute atomic E-state index is 12.2. The molecule has 2 aromatic rings. The van der Waals surface area contributed by atoms with Crippen LogP contribution >= 0.6 is 0 Å². The van der Waals surface area contributed by atoms with Crippen molar-refractivity contribution in [2.75, 3.05) is 26.0 Å². The molecule has 0 bridgehead atoms. The highest BCUT2D eigenvalue weighted by Crippen LogP contribution is 2.41. The van der Waals surface area contributed by atoms with Crippen molar-refractivity contribution in [3.63, 3.8) is 0 Å². The highest BCUT2D eigenvalue weighted by atomic mass is 16.5. The zero-order chi connectivity index (χ0) is 23.5. The molecule has 33 heavy (non-hydrogen) atoms. The van der Waals surface area contributed by atoms with Gasteiger partial charge in [-0.2, -0.15) is 0 Å². The van der Waals surface area contributed by atoms with Gasteiger partial charge in [0.05, 0.1) is 23.9 Å². The van der Waals surface area contributed by atoms with Crippen LogP contribution in [0, 0.1) is 5.41 Å². The molecule has 0 radical (unpaired) electrons. The summed E-state index contributed by atoms with van der Waals surface area (Å²) in [7, 11) is 1.55. The number of carboxylic acids is 1. The number of rotatable bonds is 7. The molecule has 0 spiro atoms. The molecule has 5 N–H and O–H groups in total. The Balaban J connectivity index is 1.87. The Labute approximate surface area is 189 Å². The van der Waals surface area contributed by atoms with E-state index in [1.807, 2.05) is 0 Å². The number of hydrogen-bond donors (Lipinski definition) is 4. The third-order valence-corrected chi connectivity index (χ3v) is 5.32. The van der Waals surface area contributed by atoms with Gasteiger partial charge in [0.15, 0.2) is 0 Å². The molecule has 1 amide bonds. The molecule has 8 nitrogen and oxygen atoms in total. The monoisotopic (exact) mass is 445 g/mol. The molecule has 0 saturated carbocycles. The van der Waals surface area contributed by atoms with Crippen molar-refractivity contribution >= 4 is 28.5 Å². The van der Waals surface area contributed by atoms with Crippen molar-refractivity contribution in [1.29, 1.82) is 5.41 Å².